The smallest absolute Gasteiger partial charge is 0.258 e. The molecule has 3 heteroatoms. The lowest BCUT2D eigenvalue weighted by Gasteiger charge is -2.20. The lowest BCUT2D eigenvalue weighted by molar-refractivity contribution is -0.123. The van der Waals surface area contributed by atoms with Crippen molar-refractivity contribution in [3.05, 3.63) is 29.8 Å². The van der Waals surface area contributed by atoms with Crippen LogP contribution in [0.5, 0.6) is 5.75 Å². The molecule has 0 unspecified atom stereocenters. The third-order valence-electron chi connectivity index (χ3n) is 3.79. The van der Waals surface area contributed by atoms with Gasteiger partial charge in [0.25, 0.3) is 5.91 Å². The molecule has 0 heterocycles. The number of carbonyl (C=O) groups excluding carboxylic acids is 1. The number of carbonyl (C=O) groups is 1. The van der Waals surface area contributed by atoms with Crippen molar-refractivity contribution in [3.8, 4) is 5.75 Å². The van der Waals surface area contributed by atoms with E-state index in [2.05, 4.69) is 32.2 Å². The molecule has 0 saturated heterocycles. The van der Waals surface area contributed by atoms with E-state index in [1.54, 1.807) is 0 Å². The predicted octanol–water partition coefficient (Wildman–Crippen LogP) is 3.42. The molecule has 1 aliphatic carbocycles. The van der Waals surface area contributed by atoms with Gasteiger partial charge in [-0.2, -0.15) is 0 Å². The fraction of sp³-hybridized carbons (Fsp3) is 0.588. The standard InChI is InChI=1S/C17H25NO2/c1-17(2,3)13-7-6-10-15(11-13)20-12-16(19)18-14-8-4-5-9-14/h6-7,10-11,14H,4-5,8-9,12H2,1-3H3,(H,18,19). The molecule has 1 saturated carbocycles. The highest BCUT2D eigenvalue weighted by Crippen LogP contribution is 2.25. The van der Waals surface area contributed by atoms with Gasteiger partial charge in [0.1, 0.15) is 5.75 Å². The molecule has 2 rings (SSSR count). The molecule has 0 spiro atoms. The lowest BCUT2D eigenvalue weighted by atomic mass is 9.87. The highest BCUT2D eigenvalue weighted by molar-refractivity contribution is 5.77. The van der Waals surface area contributed by atoms with E-state index >= 15 is 0 Å². The summed E-state index contributed by atoms with van der Waals surface area (Å²) in [6, 6.07) is 8.34. The van der Waals surface area contributed by atoms with Gasteiger partial charge in [0.15, 0.2) is 6.61 Å². The Balaban J connectivity index is 1.85. The maximum Gasteiger partial charge on any atom is 0.258 e. The van der Waals surface area contributed by atoms with E-state index in [-0.39, 0.29) is 17.9 Å². The van der Waals surface area contributed by atoms with Crippen molar-refractivity contribution in [3.63, 3.8) is 0 Å². The highest BCUT2D eigenvalue weighted by Gasteiger charge is 2.17. The summed E-state index contributed by atoms with van der Waals surface area (Å²) in [5, 5.41) is 3.03. The van der Waals surface area contributed by atoms with Crippen LogP contribution in [-0.2, 0) is 10.2 Å². The van der Waals surface area contributed by atoms with Crippen LogP contribution in [0.4, 0.5) is 0 Å². The largest absolute Gasteiger partial charge is 0.484 e. The Hall–Kier alpha value is -1.51. The topological polar surface area (TPSA) is 38.3 Å². The van der Waals surface area contributed by atoms with E-state index in [4.69, 9.17) is 4.74 Å². The first-order valence-corrected chi connectivity index (χ1v) is 7.48. The average molecular weight is 275 g/mol. The summed E-state index contributed by atoms with van der Waals surface area (Å²) in [6.45, 7) is 6.60. The molecule has 1 aromatic rings. The minimum Gasteiger partial charge on any atom is -0.484 e. The first-order chi connectivity index (χ1) is 9.45. The van der Waals surface area contributed by atoms with Crippen LogP contribution in [0.2, 0.25) is 0 Å². The minimum atomic E-state index is -0.0157. The van der Waals surface area contributed by atoms with Gasteiger partial charge in [0.2, 0.25) is 0 Å². The van der Waals surface area contributed by atoms with Crippen LogP contribution < -0.4 is 10.1 Å². The summed E-state index contributed by atoms with van der Waals surface area (Å²) in [5.74, 6) is 0.747. The summed E-state index contributed by atoms with van der Waals surface area (Å²) in [4.78, 5) is 11.8. The summed E-state index contributed by atoms with van der Waals surface area (Å²) < 4.78 is 5.60. The van der Waals surface area contributed by atoms with Crippen LogP contribution in [0.15, 0.2) is 24.3 Å². The van der Waals surface area contributed by atoms with Gasteiger partial charge in [0.05, 0.1) is 0 Å². The summed E-state index contributed by atoms with van der Waals surface area (Å²) in [7, 11) is 0. The third-order valence-corrected chi connectivity index (χ3v) is 3.79. The molecule has 1 N–H and O–H groups in total. The van der Waals surface area contributed by atoms with Gasteiger partial charge in [-0.3, -0.25) is 4.79 Å². The molecule has 1 aromatic carbocycles. The molecule has 1 amide bonds. The molecular formula is C17H25NO2. The number of benzene rings is 1. The minimum absolute atomic E-state index is 0.0157. The van der Waals surface area contributed by atoms with E-state index in [9.17, 15) is 4.79 Å². The molecule has 0 aromatic heterocycles. The number of ether oxygens (including phenoxy) is 1. The van der Waals surface area contributed by atoms with E-state index < -0.39 is 0 Å². The van der Waals surface area contributed by atoms with Gasteiger partial charge in [0, 0.05) is 6.04 Å². The first-order valence-electron chi connectivity index (χ1n) is 7.48. The van der Waals surface area contributed by atoms with Gasteiger partial charge >= 0.3 is 0 Å². The van der Waals surface area contributed by atoms with Crippen molar-refractivity contribution in [2.45, 2.75) is 57.9 Å². The van der Waals surface area contributed by atoms with Gasteiger partial charge in [-0.25, -0.2) is 0 Å². The van der Waals surface area contributed by atoms with Crippen LogP contribution in [0.25, 0.3) is 0 Å². The van der Waals surface area contributed by atoms with E-state index in [1.165, 1.54) is 18.4 Å². The van der Waals surface area contributed by atoms with Crippen molar-refractivity contribution in [1.82, 2.24) is 5.32 Å². The first kappa shape index (κ1) is 14.9. The van der Waals surface area contributed by atoms with Gasteiger partial charge in [-0.1, -0.05) is 45.7 Å². The van der Waals surface area contributed by atoms with Crippen molar-refractivity contribution >= 4 is 5.91 Å². The summed E-state index contributed by atoms with van der Waals surface area (Å²) >= 11 is 0. The van der Waals surface area contributed by atoms with Gasteiger partial charge in [-0.15, -0.1) is 0 Å². The van der Waals surface area contributed by atoms with Crippen LogP contribution >= 0.6 is 0 Å². The Kier molecular flexibility index (Phi) is 4.69. The Morgan fingerprint density at radius 1 is 1.30 bits per heavy atom. The fourth-order valence-electron chi connectivity index (χ4n) is 2.54. The number of hydrogen-bond donors (Lipinski definition) is 1. The van der Waals surface area contributed by atoms with Crippen molar-refractivity contribution in [2.24, 2.45) is 0 Å². The molecule has 1 aliphatic rings. The second kappa shape index (κ2) is 6.29. The Bertz CT molecular complexity index is 456. The summed E-state index contributed by atoms with van der Waals surface area (Å²) in [6.07, 6.45) is 4.65. The zero-order valence-electron chi connectivity index (χ0n) is 12.7. The fourth-order valence-corrected chi connectivity index (χ4v) is 2.54. The molecule has 3 nitrogen and oxygen atoms in total. The maximum atomic E-state index is 11.8. The Morgan fingerprint density at radius 3 is 2.65 bits per heavy atom. The Morgan fingerprint density at radius 2 is 2.00 bits per heavy atom. The van der Waals surface area contributed by atoms with Crippen molar-refractivity contribution in [1.29, 1.82) is 0 Å². The number of rotatable bonds is 4. The van der Waals surface area contributed by atoms with Crippen LogP contribution in [-0.4, -0.2) is 18.6 Å². The van der Waals surface area contributed by atoms with E-state index in [0.717, 1.165) is 18.6 Å². The molecule has 0 aliphatic heterocycles. The average Bonchev–Trinajstić information content (AvgIpc) is 2.88. The SMILES string of the molecule is CC(C)(C)c1cccc(OCC(=O)NC2CCCC2)c1. The van der Waals surface area contributed by atoms with Crippen molar-refractivity contribution < 1.29 is 9.53 Å². The number of nitrogens with one attached hydrogen (secondary N) is 1. The number of hydrogen-bond acceptors (Lipinski definition) is 2. The molecule has 110 valence electrons. The maximum absolute atomic E-state index is 11.8. The monoisotopic (exact) mass is 275 g/mol. The lowest BCUT2D eigenvalue weighted by Crippen LogP contribution is -2.36. The second-order valence-corrected chi connectivity index (χ2v) is 6.62. The van der Waals surface area contributed by atoms with Crippen LogP contribution in [0.3, 0.4) is 0 Å². The van der Waals surface area contributed by atoms with Crippen LogP contribution in [0, 0.1) is 0 Å². The molecule has 0 radical (unpaired) electrons. The molecule has 20 heavy (non-hydrogen) atoms. The molecule has 1 fully saturated rings. The van der Waals surface area contributed by atoms with Crippen LogP contribution in [0.1, 0.15) is 52.0 Å². The normalized spacial score (nSPS) is 16.1. The predicted molar refractivity (Wildman–Crippen MR) is 81.0 cm³/mol. The molecule has 0 bridgehead atoms. The zero-order valence-corrected chi connectivity index (χ0v) is 12.7. The third kappa shape index (κ3) is 4.26. The second-order valence-electron chi connectivity index (χ2n) is 6.62. The van der Waals surface area contributed by atoms with E-state index in [1.807, 2.05) is 18.2 Å². The van der Waals surface area contributed by atoms with Gasteiger partial charge in [-0.05, 0) is 36.0 Å². The van der Waals surface area contributed by atoms with Crippen molar-refractivity contribution in [2.75, 3.05) is 6.61 Å². The quantitative estimate of drug-likeness (QED) is 0.914. The molecule has 0 atom stereocenters. The van der Waals surface area contributed by atoms with Gasteiger partial charge < -0.3 is 10.1 Å². The number of amides is 1. The van der Waals surface area contributed by atoms with E-state index in [0.29, 0.717) is 6.04 Å². The zero-order chi connectivity index (χ0) is 14.6. The molecular weight excluding hydrogens is 250 g/mol. The summed E-state index contributed by atoms with van der Waals surface area (Å²) in [5.41, 5.74) is 1.30. The highest BCUT2D eigenvalue weighted by atomic mass is 16.5. The Labute approximate surface area is 121 Å².